The van der Waals surface area contributed by atoms with Crippen molar-refractivity contribution in [3.8, 4) is 0 Å². The minimum absolute atomic E-state index is 0.0824. The number of aromatic nitrogens is 3. The molecular formula is C25H26IN5O4. The molecule has 2 aromatic heterocycles. The number of hydrogen-bond acceptors (Lipinski definition) is 5. The van der Waals surface area contributed by atoms with Crippen LogP contribution in [0.5, 0.6) is 0 Å². The maximum atomic E-state index is 13.4. The number of amides is 2. The van der Waals surface area contributed by atoms with Gasteiger partial charge in [0.05, 0.1) is 17.5 Å². The number of H-pyrrole nitrogens is 1. The van der Waals surface area contributed by atoms with E-state index in [1.807, 2.05) is 17.0 Å². The molecule has 35 heavy (non-hydrogen) atoms. The molecule has 1 aliphatic carbocycles. The zero-order valence-electron chi connectivity index (χ0n) is 19.2. The van der Waals surface area contributed by atoms with Gasteiger partial charge in [0.25, 0.3) is 11.5 Å². The van der Waals surface area contributed by atoms with Crippen molar-refractivity contribution in [3.05, 3.63) is 72.1 Å². The van der Waals surface area contributed by atoms with Gasteiger partial charge in [-0.25, -0.2) is 9.78 Å². The summed E-state index contributed by atoms with van der Waals surface area (Å²) < 4.78 is 2.22. The molecule has 0 bridgehead atoms. The maximum Gasteiger partial charge on any atom is 0.330 e. The first kappa shape index (κ1) is 23.7. The molecule has 2 aliphatic rings. The van der Waals surface area contributed by atoms with E-state index in [1.54, 1.807) is 23.1 Å². The summed E-state index contributed by atoms with van der Waals surface area (Å²) in [6, 6.07) is 8.79. The lowest BCUT2D eigenvalue weighted by Gasteiger charge is -2.36. The van der Waals surface area contributed by atoms with E-state index in [-0.39, 0.29) is 24.3 Å². The lowest BCUT2D eigenvalue weighted by atomic mass is 10.1. The topological polar surface area (TPSA) is 108 Å². The molecular weight excluding hydrogens is 561 g/mol. The van der Waals surface area contributed by atoms with E-state index >= 15 is 0 Å². The predicted octanol–water partition coefficient (Wildman–Crippen LogP) is 2.21. The minimum Gasteiger partial charge on any atom is -0.339 e. The zero-order chi connectivity index (χ0) is 24.5. The molecule has 9 nitrogen and oxygen atoms in total. The number of nitrogens with one attached hydrogen (secondary N) is 1. The first-order chi connectivity index (χ1) is 16.9. The second-order valence-electron chi connectivity index (χ2n) is 9.13. The molecule has 0 spiro atoms. The highest BCUT2D eigenvalue weighted by molar-refractivity contribution is 14.1. The summed E-state index contributed by atoms with van der Waals surface area (Å²) in [6.45, 7) is 2.30. The Morgan fingerprint density at radius 2 is 1.74 bits per heavy atom. The molecule has 182 valence electrons. The van der Waals surface area contributed by atoms with Gasteiger partial charge in [-0.05, 0) is 65.3 Å². The van der Waals surface area contributed by atoms with Crippen molar-refractivity contribution in [3.63, 3.8) is 0 Å². The van der Waals surface area contributed by atoms with Crippen molar-refractivity contribution in [1.29, 1.82) is 0 Å². The quantitative estimate of drug-likeness (QED) is 0.472. The second-order valence-corrected chi connectivity index (χ2v) is 10.3. The van der Waals surface area contributed by atoms with Crippen LogP contribution in [-0.2, 0) is 11.3 Å². The van der Waals surface area contributed by atoms with Gasteiger partial charge in [0.15, 0.2) is 0 Å². The fraction of sp³-hybridized carbons (Fsp3) is 0.400. The van der Waals surface area contributed by atoms with Crippen LogP contribution >= 0.6 is 22.6 Å². The Labute approximate surface area is 215 Å². The predicted molar refractivity (Wildman–Crippen MR) is 139 cm³/mol. The van der Waals surface area contributed by atoms with Crippen molar-refractivity contribution in [2.24, 2.45) is 5.92 Å². The number of piperazine rings is 1. The Hall–Kier alpha value is -3.02. The number of pyridine rings is 1. The highest BCUT2D eigenvalue weighted by Gasteiger charge is 2.31. The van der Waals surface area contributed by atoms with Gasteiger partial charge < -0.3 is 9.80 Å². The van der Waals surface area contributed by atoms with Crippen LogP contribution in [0.15, 0.2) is 46.1 Å². The molecule has 1 aliphatic heterocycles. The number of fused-ring (bicyclic) bond motifs is 1. The number of hydrogen-bond donors (Lipinski definition) is 1. The Bertz CT molecular complexity index is 1400. The molecule has 1 saturated heterocycles. The van der Waals surface area contributed by atoms with Crippen LogP contribution in [0.25, 0.3) is 11.0 Å². The third-order valence-corrected chi connectivity index (χ3v) is 7.88. The van der Waals surface area contributed by atoms with E-state index in [0.717, 1.165) is 34.8 Å². The van der Waals surface area contributed by atoms with E-state index in [4.69, 9.17) is 0 Å². The minimum atomic E-state index is -0.546. The van der Waals surface area contributed by atoms with Crippen molar-refractivity contribution in [1.82, 2.24) is 24.3 Å². The average Bonchev–Trinajstić information content (AvgIpc) is 3.42. The number of benzene rings is 1. The largest absolute Gasteiger partial charge is 0.339 e. The summed E-state index contributed by atoms with van der Waals surface area (Å²) in [5.74, 6) is 0.302. The van der Waals surface area contributed by atoms with Crippen LogP contribution < -0.4 is 11.2 Å². The summed E-state index contributed by atoms with van der Waals surface area (Å²) in [7, 11) is 0. The SMILES string of the molecule is O=C(c1cc(Cn2c(=O)[nH]c(=O)c3cccnc32)ccc1I)N1CCN(C(=O)C2CCCC2)CC1. The number of halogens is 1. The summed E-state index contributed by atoms with van der Waals surface area (Å²) in [5, 5.41) is 0.332. The van der Waals surface area contributed by atoms with E-state index in [0.29, 0.717) is 42.8 Å². The monoisotopic (exact) mass is 587 g/mol. The van der Waals surface area contributed by atoms with Crippen LogP contribution in [0.2, 0.25) is 0 Å². The molecule has 10 heteroatoms. The molecule has 3 heterocycles. The molecule has 1 N–H and O–H groups in total. The molecule has 1 aromatic carbocycles. The molecule has 0 atom stereocenters. The number of nitrogens with zero attached hydrogens (tertiary/aromatic N) is 4. The van der Waals surface area contributed by atoms with Crippen LogP contribution in [-0.4, -0.2) is 62.3 Å². The molecule has 0 unspecified atom stereocenters. The summed E-state index contributed by atoms with van der Waals surface area (Å²) in [6.07, 6.45) is 5.75. The Morgan fingerprint density at radius 1 is 1.03 bits per heavy atom. The van der Waals surface area contributed by atoms with Crippen LogP contribution in [0.3, 0.4) is 0 Å². The van der Waals surface area contributed by atoms with Gasteiger partial charge in [-0.3, -0.25) is 23.9 Å². The van der Waals surface area contributed by atoms with Crippen molar-refractivity contribution >= 4 is 45.4 Å². The summed E-state index contributed by atoms with van der Waals surface area (Å²) in [4.78, 5) is 61.0. The Kier molecular flexibility index (Phi) is 6.72. The third-order valence-electron chi connectivity index (χ3n) is 6.94. The van der Waals surface area contributed by atoms with Crippen molar-refractivity contribution in [2.45, 2.75) is 32.2 Å². The van der Waals surface area contributed by atoms with Crippen LogP contribution in [0.4, 0.5) is 0 Å². The highest BCUT2D eigenvalue weighted by Crippen LogP contribution is 2.27. The Balaban J connectivity index is 1.34. The number of aromatic amines is 1. The number of carbonyl (C=O) groups excluding carboxylic acids is 2. The summed E-state index contributed by atoms with van der Waals surface area (Å²) in [5.41, 5.74) is 0.600. The molecule has 5 rings (SSSR count). The van der Waals surface area contributed by atoms with Crippen molar-refractivity contribution < 1.29 is 9.59 Å². The van der Waals surface area contributed by atoms with Gasteiger partial charge >= 0.3 is 5.69 Å². The maximum absolute atomic E-state index is 13.4. The van der Waals surface area contributed by atoms with Gasteiger partial charge in [0, 0.05) is 41.9 Å². The normalized spacial score (nSPS) is 16.7. The molecule has 0 radical (unpaired) electrons. The van der Waals surface area contributed by atoms with Gasteiger partial charge in [-0.15, -0.1) is 0 Å². The van der Waals surface area contributed by atoms with Crippen LogP contribution in [0, 0.1) is 9.49 Å². The van der Waals surface area contributed by atoms with Crippen molar-refractivity contribution in [2.75, 3.05) is 26.2 Å². The molecule has 2 fully saturated rings. The van der Waals surface area contributed by atoms with E-state index in [2.05, 4.69) is 32.6 Å². The van der Waals surface area contributed by atoms with Gasteiger partial charge in [-0.2, -0.15) is 0 Å². The van der Waals surface area contributed by atoms with E-state index in [9.17, 15) is 19.2 Å². The Morgan fingerprint density at radius 3 is 2.49 bits per heavy atom. The second kappa shape index (κ2) is 9.92. The fourth-order valence-corrected chi connectivity index (χ4v) is 5.58. The van der Waals surface area contributed by atoms with E-state index in [1.165, 1.54) is 10.8 Å². The van der Waals surface area contributed by atoms with Gasteiger partial charge in [-0.1, -0.05) is 18.9 Å². The first-order valence-electron chi connectivity index (χ1n) is 11.9. The average molecular weight is 587 g/mol. The van der Waals surface area contributed by atoms with E-state index < -0.39 is 11.2 Å². The smallest absolute Gasteiger partial charge is 0.330 e. The van der Waals surface area contributed by atoms with Crippen LogP contribution in [0.1, 0.15) is 41.6 Å². The first-order valence-corrected chi connectivity index (χ1v) is 12.9. The molecule has 3 aromatic rings. The lowest BCUT2D eigenvalue weighted by molar-refractivity contribution is -0.136. The third kappa shape index (κ3) is 4.75. The number of carbonyl (C=O) groups is 2. The number of rotatable bonds is 4. The summed E-state index contributed by atoms with van der Waals surface area (Å²) >= 11 is 2.14. The fourth-order valence-electron chi connectivity index (χ4n) is 5.01. The molecule has 2 amide bonds. The van der Waals surface area contributed by atoms with Gasteiger partial charge in [0.1, 0.15) is 5.65 Å². The standard InChI is InChI=1S/C25H26IN5O4/c26-20-8-7-16(15-31-21-18(6-3-9-27-21)22(32)28-25(31)35)14-19(20)24(34)30-12-10-29(11-13-30)23(33)17-4-1-2-5-17/h3,6-9,14,17H,1-2,4-5,10-13,15H2,(H,28,32,35). The van der Waals surface area contributed by atoms with Gasteiger partial charge in [0.2, 0.25) is 5.91 Å². The highest BCUT2D eigenvalue weighted by atomic mass is 127. The molecule has 1 saturated carbocycles. The zero-order valence-corrected chi connectivity index (χ0v) is 21.4. The lowest BCUT2D eigenvalue weighted by Crippen LogP contribution is -2.51.